The van der Waals surface area contributed by atoms with Crippen LogP contribution in [0.4, 0.5) is 5.69 Å². The van der Waals surface area contributed by atoms with E-state index in [-0.39, 0.29) is 17.9 Å². The zero-order valence-corrected chi connectivity index (χ0v) is 14.8. The molecule has 0 saturated carbocycles. The minimum absolute atomic E-state index is 0.0347. The number of hydrogen-bond donors (Lipinski definition) is 2. The fourth-order valence-corrected chi connectivity index (χ4v) is 3.35. The molecular weight excluding hydrogens is 288 g/mol. The largest absolute Gasteiger partial charge is 0.393 e. The fourth-order valence-electron chi connectivity index (χ4n) is 3.35. The number of rotatable bonds is 5. The lowest BCUT2D eigenvalue weighted by Crippen LogP contribution is -2.43. The van der Waals surface area contributed by atoms with Crippen molar-refractivity contribution in [2.75, 3.05) is 25.0 Å². The number of para-hydroxylation sites is 1. The highest BCUT2D eigenvalue weighted by molar-refractivity contribution is 5.93. The van der Waals surface area contributed by atoms with E-state index in [0.717, 1.165) is 37.2 Å². The van der Waals surface area contributed by atoms with Crippen molar-refractivity contribution in [2.45, 2.75) is 52.6 Å². The van der Waals surface area contributed by atoms with Crippen molar-refractivity contribution in [1.29, 1.82) is 0 Å². The first kappa shape index (κ1) is 18.0. The molecule has 0 aromatic heterocycles. The molecule has 0 radical (unpaired) electrons. The predicted molar refractivity (Wildman–Crippen MR) is 94.7 cm³/mol. The molecule has 1 aromatic rings. The van der Waals surface area contributed by atoms with Crippen molar-refractivity contribution in [3.8, 4) is 0 Å². The maximum Gasteiger partial charge on any atom is 0.238 e. The van der Waals surface area contributed by atoms with Crippen molar-refractivity contribution >= 4 is 11.6 Å². The van der Waals surface area contributed by atoms with Crippen LogP contribution >= 0.6 is 0 Å². The van der Waals surface area contributed by atoms with Gasteiger partial charge >= 0.3 is 0 Å². The molecule has 1 heterocycles. The highest BCUT2D eigenvalue weighted by Gasteiger charge is 2.25. The predicted octanol–water partition coefficient (Wildman–Crippen LogP) is 3.15. The summed E-state index contributed by atoms with van der Waals surface area (Å²) in [4.78, 5) is 14.6. The summed E-state index contributed by atoms with van der Waals surface area (Å²) in [5.74, 6) is 0.688. The number of benzene rings is 1. The number of piperidine rings is 1. The van der Waals surface area contributed by atoms with Gasteiger partial charge in [-0.3, -0.25) is 9.69 Å². The molecule has 4 heteroatoms. The molecule has 1 amide bonds. The molecule has 128 valence electrons. The lowest BCUT2D eigenvalue weighted by molar-refractivity contribution is -0.118. The fraction of sp³-hybridized carbons (Fsp3) is 0.632. The lowest BCUT2D eigenvalue weighted by Gasteiger charge is -2.33. The van der Waals surface area contributed by atoms with E-state index < -0.39 is 0 Å². The Labute approximate surface area is 139 Å². The Hall–Kier alpha value is -1.39. The number of amides is 1. The topological polar surface area (TPSA) is 52.6 Å². The Bertz CT molecular complexity index is 540. The summed E-state index contributed by atoms with van der Waals surface area (Å²) in [6.07, 6.45) is 1.79. The molecule has 0 aliphatic carbocycles. The molecule has 1 saturated heterocycles. The summed E-state index contributed by atoms with van der Waals surface area (Å²) < 4.78 is 0. The average Bonchev–Trinajstić information content (AvgIpc) is 2.49. The number of carbonyl (C=O) groups is 1. The van der Waals surface area contributed by atoms with Gasteiger partial charge in [0.1, 0.15) is 0 Å². The second kappa shape index (κ2) is 7.93. The number of nitrogens with zero attached hydrogens (tertiary/aromatic N) is 1. The third-order valence-corrected chi connectivity index (χ3v) is 4.78. The molecule has 2 unspecified atom stereocenters. The van der Waals surface area contributed by atoms with Crippen LogP contribution in [-0.4, -0.2) is 41.7 Å². The SMILES string of the molecule is Cc1cccc(C(C)C)c1NC(=O)CN1CCCC(C(C)O)C1. The smallest absolute Gasteiger partial charge is 0.238 e. The number of aliphatic hydroxyl groups excluding tert-OH is 1. The van der Waals surface area contributed by atoms with E-state index in [1.165, 1.54) is 5.56 Å². The molecule has 0 bridgehead atoms. The van der Waals surface area contributed by atoms with Gasteiger partial charge in [0.2, 0.25) is 5.91 Å². The molecule has 0 spiro atoms. The maximum atomic E-state index is 12.5. The quantitative estimate of drug-likeness (QED) is 0.877. The van der Waals surface area contributed by atoms with E-state index in [4.69, 9.17) is 0 Å². The number of likely N-dealkylation sites (tertiary alicyclic amines) is 1. The number of anilines is 1. The molecule has 2 N–H and O–H groups in total. The highest BCUT2D eigenvalue weighted by Crippen LogP contribution is 2.27. The molecular formula is C19H30N2O2. The molecule has 2 rings (SSSR count). The Kier molecular flexibility index (Phi) is 6.19. The number of hydrogen-bond acceptors (Lipinski definition) is 3. The van der Waals surface area contributed by atoms with Gasteiger partial charge < -0.3 is 10.4 Å². The van der Waals surface area contributed by atoms with Crippen molar-refractivity contribution in [1.82, 2.24) is 4.90 Å². The van der Waals surface area contributed by atoms with E-state index in [1.54, 1.807) is 0 Å². The van der Waals surface area contributed by atoms with Gasteiger partial charge in [-0.15, -0.1) is 0 Å². The summed E-state index contributed by atoms with van der Waals surface area (Å²) in [6, 6.07) is 6.15. The van der Waals surface area contributed by atoms with Gasteiger partial charge in [-0.05, 0) is 56.2 Å². The Morgan fingerprint density at radius 3 is 2.78 bits per heavy atom. The Morgan fingerprint density at radius 1 is 1.39 bits per heavy atom. The van der Waals surface area contributed by atoms with E-state index in [9.17, 15) is 9.90 Å². The van der Waals surface area contributed by atoms with E-state index >= 15 is 0 Å². The van der Waals surface area contributed by atoms with E-state index in [0.29, 0.717) is 12.5 Å². The molecule has 1 fully saturated rings. The van der Waals surface area contributed by atoms with E-state index in [2.05, 4.69) is 30.1 Å². The first-order valence-corrected chi connectivity index (χ1v) is 8.68. The van der Waals surface area contributed by atoms with Crippen LogP contribution in [0.15, 0.2) is 18.2 Å². The van der Waals surface area contributed by atoms with Gasteiger partial charge in [-0.25, -0.2) is 0 Å². The van der Waals surface area contributed by atoms with Gasteiger partial charge in [0, 0.05) is 12.2 Å². The highest BCUT2D eigenvalue weighted by atomic mass is 16.3. The van der Waals surface area contributed by atoms with Crippen LogP contribution in [0.3, 0.4) is 0 Å². The Balaban J connectivity index is 2.00. The third kappa shape index (κ3) is 4.79. The van der Waals surface area contributed by atoms with Crippen LogP contribution in [0, 0.1) is 12.8 Å². The molecule has 1 aliphatic heterocycles. The van der Waals surface area contributed by atoms with Gasteiger partial charge in [0.25, 0.3) is 0 Å². The first-order valence-electron chi connectivity index (χ1n) is 8.68. The molecule has 1 aliphatic rings. The van der Waals surface area contributed by atoms with Crippen LogP contribution in [0.1, 0.15) is 50.7 Å². The number of aryl methyl sites for hydroxylation is 1. The molecule has 1 aromatic carbocycles. The van der Waals surface area contributed by atoms with Crippen LogP contribution in [0.25, 0.3) is 0 Å². The average molecular weight is 318 g/mol. The monoisotopic (exact) mass is 318 g/mol. The number of carbonyl (C=O) groups excluding carboxylic acids is 1. The van der Waals surface area contributed by atoms with E-state index in [1.807, 2.05) is 26.0 Å². The van der Waals surface area contributed by atoms with Crippen molar-refractivity contribution in [3.05, 3.63) is 29.3 Å². The second-order valence-corrected chi connectivity index (χ2v) is 7.12. The van der Waals surface area contributed by atoms with Crippen LogP contribution in [0.5, 0.6) is 0 Å². The van der Waals surface area contributed by atoms with Crippen LogP contribution in [0.2, 0.25) is 0 Å². The van der Waals surface area contributed by atoms with Gasteiger partial charge in [0.15, 0.2) is 0 Å². The number of aliphatic hydroxyl groups is 1. The Morgan fingerprint density at radius 2 is 2.13 bits per heavy atom. The summed E-state index contributed by atoms with van der Waals surface area (Å²) >= 11 is 0. The van der Waals surface area contributed by atoms with Crippen LogP contribution < -0.4 is 5.32 Å². The van der Waals surface area contributed by atoms with Crippen molar-refractivity contribution in [2.24, 2.45) is 5.92 Å². The van der Waals surface area contributed by atoms with Gasteiger partial charge in [-0.2, -0.15) is 0 Å². The second-order valence-electron chi connectivity index (χ2n) is 7.12. The van der Waals surface area contributed by atoms with Crippen LogP contribution in [-0.2, 0) is 4.79 Å². The summed E-state index contributed by atoms with van der Waals surface area (Å²) in [6.45, 7) is 10.3. The number of nitrogens with one attached hydrogen (secondary N) is 1. The molecule has 2 atom stereocenters. The molecule has 23 heavy (non-hydrogen) atoms. The van der Waals surface area contributed by atoms with Gasteiger partial charge in [0.05, 0.1) is 12.6 Å². The maximum absolute atomic E-state index is 12.5. The van der Waals surface area contributed by atoms with Gasteiger partial charge in [-0.1, -0.05) is 32.0 Å². The summed E-state index contributed by atoms with van der Waals surface area (Å²) in [5.41, 5.74) is 3.24. The zero-order valence-electron chi connectivity index (χ0n) is 14.8. The first-order chi connectivity index (χ1) is 10.9. The lowest BCUT2D eigenvalue weighted by atomic mass is 9.93. The zero-order chi connectivity index (χ0) is 17.0. The normalized spacial score (nSPS) is 20.5. The minimum Gasteiger partial charge on any atom is -0.393 e. The summed E-state index contributed by atoms with van der Waals surface area (Å²) in [5, 5.41) is 12.9. The molecule has 4 nitrogen and oxygen atoms in total. The third-order valence-electron chi connectivity index (χ3n) is 4.78. The summed E-state index contributed by atoms with van der Waals surface area (Å²) in [7, 11) is 0. The standard InChI is InChI=1S/C19H30N2O2/c1-13(2)17-9-5-7-14(3)19(17)20-18(23)12-21-10-6-8-16(11-21)15(4)22/h5,7,9,13,15-16,22H,6,8,10-12H2,1-4H3,(H,20,23). The van der Waals surface area contributed by atoms with Crippen molar-refractivity contribution in [3.63, 3.8) is 0 Å². The minimum atomic E-state index is -0.301. The van der Waals surface area contributed by atoms with Crippen molar-refractivity contribution < 1.29 is 9.90 Å².